The van der Waals surface area contributed by atoms with Gasteiger partial charge in [0.05, 0.1) is 19.1 Å². The Hall–Kier alpha value is -3.17. The van der Waals surface area contributed by atoms with E-state index in [1.165, 1.54) is 6.42 Å². The monoisotopic (exact) mass is 494 g/mol. The molecule has 36 heavy (non-hydrogen) atoms. The molecular weight excluding hydrogens is 460 g/mol. The van der Waals surface area contributed by atoms with Crippen LogP contribution in [0.4, 0.5) is 10.5 Å². The van der Waals surface area contributed by atoms with E-state index in [0.717, 1.165) is 42.6 Å². The maximum atomic E-state index is 12.6. The standard InChI is InChI=1S/C27H34N4O5/c32-16-24-26-22(12-20(35-24)13-25(33)29-15-17-5-4-10-28-14-17)21-11-19(8-9-23(21)36-26)31-27(34)30-18-6-2-1-3-7-18/h4-5,8-11,14,18,20,22,24,26,32H,1-3,6-7,12-13,15-16H2,(H,29,33)(H2,30,31,34)/t20-,22+,24+,26-/m0/s1. The van der Waals surface area contributed by atoms with Gasteiger partial charge in [0, 0.05) is 42.1 Å². The van der Waals surface area contributed by atoms with E-state index < -0.39 is 6.10 Å². The third kappa shape index (κ3) is 5.79. The summed E-state index contributed by atoms with van der Waals surface area (Å²) in [6, 6.07) is 9.40. The van der Waals surface area contributed by atoms with Crippen LogP contribution in [-0.2, 0) is 16.1 Å². The van der Waals surface area contributed by atoms with Gasteiger partial charge in [-0.25, -0.2) is 4.79 Å². The molecule has 1 aromatic heterocycles. The average Bonchev–Trinajstić information content (AvgIpc) is 3.26. The highest BCUT2D eigenvalue weighted by molar-refractivity contribution is 5.89. The molecule has 0 radical (unpaired) electrons. The molecule has 0 unspecified atom stereocenters. The highest BCUT2D eigenvalue weighted by Crippen LogP contribution is 2.47. The molecule has 1 saturated carbocycles. The number of urea groups is 1. The molecule has 2 aromatic rings. The fourth-order valence-corrected chi connectivity index (χ4v) is 5.55. The van der Waals surface area contributed by atoms with Gasteiger partial charge in [-0.1, -0.05) is 25.3 Å². The molecule has 3 aliphatic rings. The number of nitrogens with one attached hydrogen (secondary N) is 3. The van der Waals surface area contributed by atoms with E-state index in [0.29, 0.717) is 18.7 Å². The van der Waals surface area contributed by atoms with Crippen LogP contribution in [0.3, 0.4) is 0 Å². The molecule has 2 aliphatic heterocycles. The molecule has 2 fully saturated rings. The van der Waals surface area contributed by atoms with Crippen LogP contribution in [-0.4, -0.2) is 53.0 Å². The molecule has 1 saturated heterocycles. The van der Waals surface area contributed by atoms with Crippen molar-refractivity contribution in [3.63, 3.8) is 0 Å². The van der Waals surface area contributed by atoms with E-state index in [1.807, 2.05) is 30.3 Å². The highest BCUT2D eigenvalue weighted by atomic mass is 16.6. The van der Waals surface area contributed by atoms with E-state index in [9.17, 15) is 14.7 Å². The van der Waals surface area contributed by atoms with Gasteiger partial charge in [0.2, 0.25) is 5.91 Å². The van der Waals surface area contributed by atoms with Gasteiger partial charge in [-0.3, -0.25) is 9.78 Å². The molecule has 0 bridgehead atoms. The lowest BCUT2D eigenvalue weighted by molar-refractivity contribution is -0.142. The zero-order valence-electron chi connectivity index (χ0n) is 20.3. The Bertz CT molecular complexity index is 1060. The lowest BCUT2D eigenvalue weighted by Crippen LogP contribution is -2.47. The van der Waals surface area contributed by atoms with Crippen molar-refractivity contribution in [3.05, 3.63) is 53.9 Å². The minimum atomic E-state index is -0.529. The number of aliphatic hydroxyl groups is 1. The molecule has 1 aliphatic carbocycles. The second kappa shape index (κ2) is 11.3. The summed E-state index contributed by atoms with van der Waals surface area (Å²) in [6.07, 6.45) is 8.58. The maximum absolute atomic E-state index is 12.6. The second-order valence-electron chi connectivity index (χ2n) is 9.93. The number of ether oxygens (including phenoxy) is 2. The minimum Gasteiger partial charge on any atom is -0.487 e. The minimum absolute atomic E-state index is 0.0369. The Balaban J connectivity index is 1.21. The lowest BCUT2D eigenvalue weighted by atomic mass is 9.84. The third-order valence-electron chi connectivity index (χ3n) is 7.32. The van der Waals surface area contributed by atoms with Gasteiger partial charge in [0.15, 0.2) is 0 Å². The number of aliphatic hydroxyl groups excluding tert-OH is 1. The normalized spacial score (nSPS) is 25.2. The van der Waals surface area contributed by atoms with Gasteiger partial charge in [0.25, 0.3) is 0 Å². The number of carbonyl (C=O) groups is 2. The molecule has 4 N–H and O–H groups in total. The number of aromatic nitrogens is 1. The van der Waals surface area contributed by atoms with Crippen LogP contribution < -0.4 is 20.7 Å². The number of anilines is 1. The largest absolute Gasteiger partial charge is 0.487 e. The maximum Gasteiger partial charge on any atom is 0.319 e. The highest BCUT2D eigenvalue weighted by Gasteiger charge is 2.46. The summed E-state index contributed by atoms with van der Waals surface area (Å²) < 4.78 is 12.2. The second-order valence-corrected chi connectivity index (χ2v) is 9.93. The molecule has 3 heterocycles. The van der Waals surface area contributed by atoms with Crippen molar-refractivity contribution in [2.75, 3.05) is 11.9 Å². The van der Waals surface area contributed by atoms with Crippen LogP contribution >= 0.6 is 0 Å². The van der Waals surface area contributed by atoms with E-state index in [1.54, 1.807) is 12.4 Å². The lowest BCUT2D eigenvalue weighted by Gasteiger charge is -2.37. The van der Waals surface area contributed by atoms with E-state index in [4.69, 9.17) is 9.47 Å². The summed E-state index contributed by atoms with van der Waals surface area (Å²) in [5.74, 6) is 0.574. The Kier molecular flexibility index (Phi) is 7.67. The topological polar surface area (TPSA) is 122 Å². The van der Waals surface area contributed by atoms with Gasteiger partial charge in [-0.2, -0.15) is 0 Å². The first-order valence-electron chi connectivity index (χ1n) is 12.9. The fourth-order valence-electron chi connectivity index (χ4n) is 5.55. The van der Waals surface area contributed by atoms with Crippen molar-refractivity contribution in [2.24, 2.45) is 0 Å². The number of hydrogen-bond donors (Lipinski definition) is 4. The third-order valence-corrected chi connectivity index (χ3v) is 7.32. The molecule has 9 heteroatoms. The van der Waals surface area contributed by atoms with Gasteiger partial charge < -0.3 is 30.5 Å². The summed E-state index contributed by atoms with van der Waals surface area (Å²) in [6.45, 7) is 0.205. The quantitative estimate of drug-likeness (QED) is 0.469. The van der Waals surface area contributed by atoms with Crippen molar-refractivity contribution < 1.29 is 24.2 Å². The summed E-state index contributed by atoms with van der Waals surface area (Å²) in [5, 5.41) is 18.9. The summed E-state index contributed by atoms with van der Waals surface area (Å²) >= 11 is 0. The number of hydrogen-bond acceptors (Lipinski definition) is 6. The van der Waals surface area contributed by atoms with Crippen LogP contribution in [0, 0.1) is 0 Å². The van der Waals surface area contributed by atoms with Crippen LogP contribution in [0.15, 0.2) is 42.7 Å². The molecule has 3 amide bonds. The number of carbonyl (C=O) groups excluding carboxylic acids is 2. The van der Waals surface area contributed by atoms with E-state index >= 15 is 0 Å². The number of benzene rings is 1. The van der Waals surface area contributed by atoms with Gasteiger partial charge >= 0.3 is 6.03 Å². The molecular formula is C27H34N4O5. The fraction of sp³-hybridized carbons (Fsp3) is 0.519. The summed E-state index contributed by atoms with van der Waals surface area (Å²) in [7, 11) is 0. The van der Waals surface area contributed by atoms with Crippen molar-refractivity contribution in [1.82, 2.24) is 15.6 Å². The Morgan fingerprint density at radius 3 is 2.78 bits per heavy atom. The zero-order valence-corrected chi connectivity index (χ0v) is 20.3. The van der Waals surface area contributed by atoms with Gasteiger partial charge in [-0.05, 0) is 49.1 Å². The van der Waals surface area contributed by atoms with Crippen LogP contribution in [0.5, 0.6) is 5.75 Å². The molecule has 0 spiro atoms. The molecule has 9 nitrogen and oxygen atoms in total. The molecule has 4 atom stereocenters. The number of rotatable bonds is 7. The molecule has 5 rings (SSSR count). The SMILES string of the molecule is O=C(C[C@@H]1C[C@@H]2c3cc(NC(=O)NC4CCCCC4)ccc3O[C@@H]2[C@@H](CO)O1)NCc1cccnc1. The number of fused-ring (bicyclic) bond motifs is 3. The average molecular weight is 495 g/mol. The van der Waals surface area contributed by atoms with Crippen LogP contribution in [0.2, 0.25) is 0 Å². The van der Waals surface area contributed by atoms with Crippen LogP contribution in [0.25, 0.3) is 0 Å². The van der Waals surface area contributed by atoms with Gasteiger partial charge in [-0.15, -0.1) is 0 Å². The first-order chi connectivity index (χ1) is 17.6. The van der Waals surface area contributed by atoms with Crippen molar-refractivity contribution in [2.45, 2.75) is 81.8 Å². The molecule has 192 valence electrons. The van der Waals surface area contributed by atoms with Crippen molar-refractivity contribution in [3.8, 4) is 5.75 Å². The number of pyridine rings is 1. The van der Waals surface area contributed by atoms with Crippen molar-refractivity contribution >= 4 is 17.6 Å². The first kappa shape index (κ1) is 24.5. The summed E-state index contributed by atoms with van der Waals surface area (Å²) in [4.78, 5) is 29.2. The van der Waals surface area contributed by atoms with Crippen LogP contribution in [0.1, 0.15) is 62.0 Å². The van der Waals surface area contributed by atoms with E-state index in [2.05, 4.69) is 20.9 Å². The van der Waals surface area contributed by atoms with Gasteiger partial charge in [0.1, 0.15) is 18.0 Å². The Morgan fingerprint density at radius 2 is 2.00 bits per heavy atom. The van der Waals surface area contributed by atoms with E-state index in [-0.39, 0.29) is 49.1 Å². The number of amides is 3. The first-order valence-corrected chi connectivity index (χ1v) is 12.9. The smallest absolute Gasteiger partial charge is 0.319 e. The predicted molar refractivity (Wildman–Crippen MR) is 134 cm³/mol. The molecule has 1 aromatic carbocycles. The Morgan fingerprint density at radius 1 is 1.14 bits per heavy atom. The summed E-state index contributed by atoms with van der Waals surface area (Å²) in [5.41, 5.74) is 2.59. The Labute approximate surface area is 211 Å². The van der Waals surface area contributed by atoms with Crippen molar-refractivity contribution in [1.29, 1.82) is 0 Å². The predicted octanol–water partition coefficient (Wildman–Crippen LogP) is 3.24. The zero-order chi connectivity index (χ0) is 24.9. The number of nitrogens with zero attached hydrogens (tertiary/aromatic N) is 1.